The second-order valence-corrected chi connectivity index (χ2v) is 5.72. The molecule has 1 rings (SSSR count). The summed E-state index contributed by atoms with van der Waals surface area (Å²) in [5.41, 5.74) is 0. The van der Waals surface area contributed by atoms with Crippen LogP contribution in [0, 0.1) is 5.92 Å². The summed E-state index contributed by atoms with van der Waals surface area (Å²) in [4.78, 5) is 2.35. The lowest BCUT2D eigenvalue weighted by atomic mass is 10.1. The zero-order chi connectivity index (χ0) is 14.1. The highest BCUT2D eigenvalue weighted by Crippen LogP contribution is 2.12. The lowest BCUT2D eigenvalue weighted by molar-refractivity contribution is -0.0101. The second kappa shape index (κ2) is 9.66. The minimum atomic E-state index is -0.432. The van der Waals surface area contributed by atoms with Gasteiger partial charge >= 0.3 is 0 Å². The van der Waals surface area contributed by atoms with Crippen molar-refractivity contribution in [1.82, 2.24) is 10.2 Å². The Kier molecular flexibility index (Phi) is 8.57. The molecule has 2 N–H and O–H groups in total. The molecule has 5 nitrogen and oxygen atoms in total. The summed E-state index contributed by atoms with van der Waals surface area (Å²) in [5, 5.41) is 13.1. The minimum absolute atomic E-state index is 0.236. The molecule has 0 saturated carbocycles. The van der Waals surface area contributed by atoms with E-state index in [1.54, 1.807) is 0 Å². The van der Waals surface area contributed by atoms with Gasteiger partial charge in [0.25, 0.3) is 0 Å². The quantitative estimate of drug-likeness (QED) is 0.562. The van der Waals surface area contributed by atoms with Gasteiger partial charge in [0.2, 0.25) is 0 Å². The molecule has 1 heterocycles. The molecule has 5 heteroatoms. The van der Waals surface area contributed by atoms with Gasteiger partial charge in [-0.1, -0.05) is 0 Å². The van der Waals surface area contributed by atoms with Crippen molar-refractivity contribution < 1.29 is 14.6 Å². The van der Waals surface area contributed by atoms with Gasteiger partial charge in [0.05, 0.1) is 32.0 Å². The van der Waals surface area contributed by atoms with Crippen LogP contribution >= 0.6 is 0 Å². The van der Waals surface area contributed by atoms with Crippen molar-refractivity contribution in [2.75, 3.05) is 53.0 Å². The standard InChI is InChI=1S/C14H30N2O3/c1-12(2)19-7-6-18-11-14(17)9-15-8-13-4-5-16(3)10-13/h12-15,17H,4-11H2,1-3H3. The number of ether oxygens (including phenoxy) is 2. The van der Waals surface area contributed by atoms with Gasteiger partial charge in [-0.15, -0.1) is 0 Å². The van der Waals surface area contributed by atoms with Crippen molar-refractivity contribution >= 4 is 0 Å². The van der Waals surface area contributed by atoms with E-state index in [1.807, 2.05) is 13.8 Å². The molecule has 0 radical (unpaired) electrons. The first-order valence-corrected chi connectivity index (χ1v) is 7.34. The average Bonchev–Trinajstić information content (AvgIpc) is 2.74. The maximum Gasteiger partial charge on any atom is 0.0897 e. The normalized spacial score (nSPS) is 22.3. The highest BCUT2D eigenvalue weighted by Gasteiger charge is 2.18. The fraction of sp³-hybridized carbons (Fsp3) is 1.00. The van der Waals surface area contributed by atoms with E-state index < -0.39 is 6.10 Å². The van der Waals surface area contributed by atoms with E-state index in [0.717, 1.165) is 19.0 Å². The Morgan fingerprint density at radius 3 is 2.79 bits per heavy atom. The molecular weight excluding hydrogens is 244 g/mol. The van der Waals surface area contributed by atoms with E-state index in [0.29, 0.717) is 26.4 Å². The van der Waals surface area contributed by atoms with Crippen LogP contribution in [0.4, 0.5) is 0 Å². The molecule has 1 saturated heterocycles. The van der Waals surface area contributed by atoms with Gasteiger partial charge in [0, 0.05) is 13.1 Å². The van der Waals surface area contributed by atoms with Crippen LogP contribution in [0.25, 0.3) is 0 Å². The van der Waals surface area contributed by atoms with Gasteiger partial charge < -0.3 is 24.8 Å². The summed E-state index contributed by atoms with van der Waals surface area (Å²) in [5.74, 6) is 0.720. The van der Waals surface area contributed by atoms with Crippen LogP contribution in [-0.2, 0) is 9.47 Å². The van der Waals surface area contributed by atoms with Crippen LogP contribution in [0.2, 0.25) is 0 Å². The largest absolute Gasteiger partial charge is 0.389 e. The van der Waals surface area contributed by atoms with E-state index in [-0.39, 0.29) is 6.10 Å². The van der Waals surface area contributed by atoms with Crippen molar-refractivity contribution in [3.05, 3.63) is 0 Å². The third kappa shape index (κ3) is 8.55. The Balaban J connectivity index is 1.89. The molecule has 19 heavy (non-hydrogen) atoms. The molecule has 0 bridgehead atoms. The number of aliphatic hydroxyl groups excluding tert-OH is 1. The molecule has 1 aliphatic heterocycles. The highest BCUT2D eigenvalue weighted by atomic mass is 16.5. The molecule has 0 spiro atoms. The molecule has 2 atom stereocenters. The van der Waals surface area contributed by atoms with Crippen LogP contribution in [0.1, 0.15) is 20.3 Å². The fourth-order valence-corrected chi connectivity index (χ4v) is 2.27. The van der Waals surface area contributed by atoms with E-state index in [2.05, 4.69) is 17.3 Å². The number of nitrogens with zero attached hydrogens (tertiary/aromatic N) is 1. The van der Waals surface area contributed by atoms with Crippen LogP contribution in [-0.4, -0.2) is 75.3 Å². The molecule has 0 aromatic rings. The fourth-order valence-electron chi connectivity index (χ4n) is 2.27. The Morgan fingerprint density at radius 1 is 1.37 bits per heavy atom. The van der Waals surface area contributed by atoms with Crippen LogP contribution < -0.4 is 5.32 Å². The van der Waals surface area contributed by atoms with Gasteiger partial charge in [-0.25, -0.2) is 0 Å². The Morgan fingerprint density at radius 2 is 2.16 bits per heavy atom. The van der Waals surface area contributed by atoms with Crippen LogP contribution in [0.15, 0.2) is 0 Å². The predicted octanol–water partition coefficient (Wildman–Crippen LogP) is 0.330. The van der Waals surface area contributed by atoms with E-state index in [9.17, 15) is 5.11 Å². The summed E-state index contributed by atoms with van der Waals surface area (Å²) in [6.07, 6.45) is 1.06. The second-order valence-electron chi connectivity index (χ2n) is 5.72. The summed E-state index contributed by atoms with van der Waals surface area (Å²) in [6, 6.07) is 0. The first-order valence-electron chi connectivity index (χ1n) is 7.34. The van der Waals surface area contributed by atoms with Crippen molar-refractivity contribution in [2.45, 2.75) is 32.5 Å². The van der Waals surface area contributed by atoms with Gasteiger partial charge in [-0.2, -0.15) is 0 Å². The number of nitrogens with one attached hydrogen (secondary N) is 1. The molecule has 0 aromatic carbocycles. The molecule has 0 aliphatic carbocycles. The maximum atomic E-state index is 9.74. The smallest absolute Gasteiger partial charge is 0.0897 e. The first kappa shape index (κ1) is 16.9. The molecule has 1 fully saturated rings. The highest BCUT2D eigenvalue weighted by molar-refractivity contribution is 4.75. The summed E-state index contributed by atoms with van der Waals surface area (Å²) < 4.78 is 10.7. The number of hydrogen-bond acceptors (Lipinski definition) is 5. The van der Waals surface area contributed by atoms with Crippen molar-refractivity contribution in [1.29, 1.82) is 0 Å². The van der Waals surface area contributed by atoms with Crippen molar-refractivity contribution in [3.8, 4) is 0 Å². The predicted molar refractivity (Wildman–Crippen MR) is 76.4 cm³/mol. The molecular formula is C14H30N2O3. The molecule has 114 valence electrons. The molecule has 0 aromatic heterocycles. The summed E-state index contributed by atoms with van der Waals surface area (Å²) in [6.45, 7) is 9.44. The zero-order valence-electron chi connectivity index (χ0n) is 12.6. The summed E-state index contributed by atoms with van der Waals surface area (Å²) >= 11 is 0. The first-order chi connectivity index (χ1) is 9.08. The third-order valence-electron chi connectivity index (χ3n) is 3.29. The van der Waals surface area contributed by atoms with E-state index in [1.165, 1.54) is 13.0 Å². The van der Waals surface area contributed by atoms with Gasteiger partial charge in [-0.3, -0.25) is 0 Å². The number of likely N-dealkylation sites (tertiary alicyclic amines) is 1. The Hall–Kier alpha value is -0.200. The third-order valence-corrected chi connectivity index (χ3v) is 3.29. The van der Waals surface area contributed by atoms with Crippen LogP contribution in [0.5, 0.6) is 0 Å². The molecule has 0 amide bonds. The van der Waals surface area contributed by atoms with Gasteiger partial charge in [-0.05, 0) is 46.3 Å². The topological polar surface area (TPSA) is 54.0 Å². The maximum absolute atomic E-state index is 9.74. The Labute approximate surface area is 117 Å². The van der Waals surface area contributed by atoms with E-state index in [4.69, 9.17) is 9.47 Å². The number of aliphatic hydroxyl groups is 1. The number of rotatable bonds is 10. The van der Waals surface area contributed by atoms with E-state index >= 15 is 0 Å². The van der Waals surface area contributed by atoms with Crippen molar-refractivity contribution in [3.63, 3.8) is 0 Å². The summed E-state index contributed by atoms with van der Waals surface area (Å²) in [7, 11) is 2.15. The monoisotopic (exact) mass is 274 g/mol. The minimum Gasteiger partial charge on any atom is -0.389 e. The molecule has 2 unspecified atom stereocenters. The lowest BCUT2D eigenvalue weighted by Gasteiger charge is -2.15. The van der Waals surface area contributed by atoms with Gasteiger partial charge in [0.1, 0.15) is 0 Å². The average molecular weight is 274 g/mol. The van der Waals surface area contributed by atoms with Gasteiger partial charge in [0.15, 0.2) is 0 Å². The SMILES string of the molecule is CC(C)OCCOCC(O)CNCC1CCN(C)C1. The molecule has 1 aliphatic rings. The number of hydrogen-bond donors (Lipinski definition) is 2. The zero-order valence-corrected chi connectivity index (χ0v) is 12.6. The van der Waals surface area contributed by atoms with Crippen molar-refractivity contribution in [2.24, 2.45) is 5.92 Å². The van der Waals surface area contributed by atoms with Crippen LogP contribution in [0.3, 0.4) is 0 Å². The Bertz CT molecular complexity index is 227. The lowest BCUT2D eigenvalue weighted by Crippen LogP contribution is -2.34.